The van der Waals surface area contributed by atoms with Gasteiger partial charge < -0.3 is 9.80 Å². The number of rotatable bonds is 14. The number of nitrogens with zero attached hydrogens (tertiary/aromatic N) is 2. The molecule has 4 heterocycles. The van der Waals surface area contributed by atoms with Crippen molar-refractivity contribution in [1.82, 2.24) is 9.80 Å². The fourth-order valence-electron chi connectivity index (χ4n) is 4.60. The zero-order valence-electron chi connectivity index (χ0n) is 19.2. The van der Waals surface area contributed by atoms with Crippen molar-refractivity contribution in [2.24, 2.45) is 0 Å². The third kappa shape index (κ3) is 5.64. The largest absolute Gasteiger partial charge is 0.306 e. The van der Waals surface area contributed by atoms with Crippen LogP contribution in [0.5, 0.6) is 0 Å². The summed E-state index contributed by atoms with van der Waals surface area (Å²) in [5, 5.41) is 4.05. The van der Waals surface area contributed by atoms with Crippen LogP contribution in [0.4, 0.5) is 0 Å². The van der Waals surface area contributed by atoms with Gasteiger partial charge >= 0.3 is 0 Å². The fraction of sp³-hybridized carbons (Fsp3) is 0.462. The molecule has 2 aliphatic heterocycles. The van der Waals surface area contributed by atoms with E-state index in [1.807, 2.05) is 44.8 Å². The van der Waals surface area contributed by atoms with Crippen LogP contribution in [0.15, 0.2) is 46.2 Å². The lowest BCUT2D eigenvalue weighted by molar-refractivity contribution is -0.124. The van der Waals surface area contributed by atoms with E-state index in [-0.39, 0.29) is 11.8 Å². The lowest BCUT2D eigenvalue weighted by atomic mass is 10.1. The zero-order chi connectivity index (χ0) is 23.9. The quantitative estimate of drug-likeness (QED) is 0.115. The number of hydrogen-bond donors (Lipinski definition) is 0. The molecule has 8 heteroatoms. The zero-order valence-corrected chi connectivity index (χ0v) is 25.2. The monoisotopic (exact) mass is 720 g/mol. The molecule has 182 valence electrons. The molecule has 0 spiro atoms. The summed E-state index contributed by atoms with van der Waals surface area (Å²) in [6.45, 7) is 1.34. The Labute approximate surface area is 237 Å². The van der Waals surface area contributed by atoms with Crippen molar-refractivity contribution >= 4 is 91.1 Å². The van der Waals surface area contributed by atoms with Gasteiger partial charge in [-0.05, 0) is 57.4 Å². The van der Waals surface area contributed by atoms with Gasteiger partial charge in [0.1, 0.15) is 0 Å². The highest BCUT2D eigenvalue weighted by atomic mass is 127. The first-order valence-corrected chi connectivity index (χ1v) is 16.8. The van der Waals surface area contributed by atoms with Gasteiger partial charge in [0, 0.05) is 13.1 Å². The maximum absolute atomic E-state index is 13.9. The number of carbonyl (C=O) groups is 2. The Morgan fingerprint density at radius 3 is 1.38 bits per heavy atom. The Kier molecular flexibility index (Phi) is 10.1. The molecule has 0 aromatic carbocycles. The summed E-state index contributed by atoms with van der Waals surface area (Å²) in [4.78, 5) is 33.6. The third-order valence-corrected chi connectivity index (χ3v) is 9.50. The Balaban J connectivity index is 1.68. The van der Waals surface area contributed by atoms with Crippen LogP contribution in [-0.2, 0) is 9.59 Å². The summed E-state index contributed by atoms with van der Waals surface area (Å²) < 4.78 is 2.34. The average molecular weight is 720 g/mol. The second-order valence-corrected chi connectivity index (χ2v) is 12.6. The minimum Gasteiger partial charge on any atom is -0.306 e. The minimum atomic E-state index is -0.00328. The standard InChI is InChI=1S/C26H30I2N2O2S2/c27-13-5-1-3-7-15-29-23(19-11-9-17-33-19)21-22(25(29)31)24(20-12-10-18-34-20)30(26(21)32)16-8-4-2-6-14-28/h9-12,17-18H,1-8,13-16H2. The third-order valence-electron chi connectivity index (χ3n) is 6.22. The average Bonchev–Trinajstić information content (AvgIpc) is 3.62. The molecule has 34 heavy (non-hydrogen) atoms. The van der Waals surface area contributed by atoms with Crippen LogP contribution in [-0.4, -0.2) is 43.6 Å². The molecule has 4 nitrogen and oxygen atoms in total. The van der Waals surface area contributed by atoms with Gasteiger partial charge in [-0.25, -0.2) is 0 Å². The van der Waals surface area contributed by atoms with E-state index in [1.54, 1.807) is 22.7 Å². The second kappa shape index (κ2) is 13.0. The van der Waals surface area contributed by atoms with E-state index >= 15 is 0 Å². The van der Waals surface area contributed by atoms with Gasteiger partial charge in [0.05, 0.1) is 32.3 Å². The lowest BCUT2D eigenvalue weighted by Gasteiger charge is -2.24. The highest BCUT2D eigenvalue weighted by Gasteiger charge is 2.48. The fourth-order valence-corrected chi connectivity index (χ4v) is 7.25. The summed E-state index contributed by atoms with van der Waals surface area (Å²) in [6.07, 6.45) is 8.93. The molecule has 2 aliphatic rings. The molecule has 0 N–H and O–H groups in total. The van der Waals surface area contributed by atoms with Gasteiger partial charge in [-0.3, -0.25) is 9.59 Å². The van der Waals surface area contributed by atoms with Crippen LogP contribution in [0, 0.1) is 0 Å². The summed E-state index contributed by atoms with van der Waals surface area (Å²) in [5.41, 5.74) is 2.90. The van der Waals surface area contributed by atoms with Crippen molar-refractivity contribution < 1.29 is 9.59 Å². The van der Waals surface area contributed by atoms with Gasteiger partial charge in [-0.1, -0.05) is 83.0 Å². The van der Waals surface area contributed by atoms with Crippen molar-refractivity contribution in [2.45, 2.75) is 51.4 Å². The molecule has 2 aromatic heterocycles. The van der Waals surface area contributed by atoms with Crippen molar-refractivity contribution in [2.75, 3.05) is 21.9 Å². The Bertz CT molecular complexity index is 961. The predicted octanol–water partition coefficient (Wildman–Crippen LogP) is 7.61. The van der Waals surface area contributed by atoms with Gasteiger partial charge in [0.2, 0.25) is 0 Å². The number of alkyl halides is 2. The van der Waals surface area contributed by atoms with E-state index in [0.717, 1.165) is 46.8 Å². The van der Waals surface area contributed by atoms with Crippen molar-refractivity contribution in [3.8, 4) is 0 Å². The molecule has 0 bridgehead atoms. The summed E-state index contributed by atoms with van der Waals surface area (Å²) in [7, 11) is 0. The maximum atomic E-state index is 13.9. The lowest BCUT2D eigenvalue weighted by Crippen LogP contribution is -2.30. The Morgan fingerprint density at radius 2 is 1.03 bits per heavy atom. The van der Waals surface area contributed by atoms with Crippen molar-refractivity contribution in [1.29, 1.82) is 0 Å². The van der Waals surface area contributed by atoms with Crippen molar-refractivity contribution in [3.63, 3.8) is 0 Å². The van der Waals surface area contributed by atoms with E-state index < -0.39 is 0 Å². The van der Waals surface area contributed by atoms with E-state index in [1.165, 1.54) is 34.5 Å². The Hall–Kier alpha value is -0.720. The predicted molar refractivity (Wildman–Crippen MR) is 161 cm³/mol. The number of unbranched alkanes of at least 4 members (excludes halogenated alkanes) is 6. The van der Waals surface area contributed by atoms with Crippen LogP contribution < -0.4 is 0 Å². The van der Waals surface area contributed by atoms with Gasteiger partial charge in [-0.15, -0.1) is 22.7 Å². The van der Waals surface area contributed by atoms with Crippen LogP contribution >= 0.6 is 67.9 Å². The molecule has 0 aliphatic carbocycles. The second-order valence-electron chi connectivity index (χ2n) is 8.52. The summed E-state index contributed by atoms with van der Waals surface area (Å²) >= 11 is 8.05. The number of amides is 2. The van der Waals surface area contributed by atoms with E-state index in [4.69, 9.17) is 0 Å². The molecule has 0 atom stereocenters. The first kappa shape index (κ1) is 26.3. The molecule has 2 aromatic rings. The van der Waals surface area contributed by atoms with E-state index in [0.29, 0.717) is 24.2 Å². The van der Waals surface area contributed by atoms with Crippen LogP contribution in [0.2, 0.25) is 0 Å². The molecule has 4 rings (SSSR count). The van der Waals surface area contributed by atoms with E-state index in [9.17, 15) is 9.59 Å². The van der Waals surface area contributed by atoms with E-state index in [2.05, 4.69) is 45.2 Å². The topological polar surface area (TPSA) is 40.6 Å². The molecular weight excluding hydrogens is 690 g/mol. The smallest absolute Gasteiger partial charge is 0.261 e. The number of thiophene rings is 2. The first-order valence-electron chi connectivity index (χ1n) is 12.0. The number of fused-ring (bicyclic) bond motifs is 1. The highest BCUT2D eigenvalue weighted by molar-refractivity contribution is 14.1. The molecule has 0 saturated heterocycles. The number of halogens is 2. The van der Waals surface area contributed by atoms with Gasteiger partial charge in [-0.2, -0.15) is 0 Å². The van der Waals surface area contributed by atoms with Gasteiger partial charge in [0.25, 0.3) is 11.8 Å². The minimum absolute atomic E-state index is 0.00328. The number of hydrogen-bond acceptors (Lipinski definition) is 4. The SMILES string of the molecule is O=C1C2=C(c3cccs3)N(CCCCCCI)C(=O)C2=C(c2cccs2)N1CCCCCCI. The van der Waals surface area contributed by atoms with Crippen LogP contribution in [0.3, 0.4) is 0 Å². The summed E-state index contributed by atoms with van der Waals surface area (Å²) in [5.74, 6) is -0.00657. The van der Waals surface area contributed by atoms with Crippen LogP contribution in [0.25, 0.3) is 11.4 Å². The van der Waals surface area contributed by atoms with Gasteiger partial charge in [0.15, 0.2) is 0 Å². The molecular formula is C26H30I2N2O2S2. The number of carbonyl (C=O) groups excluding carboxylic acids is 2. The molecule has 0 unspecified atom stereocenters. The summed E-state index contributed by atoms with van der Waals surface area (Å²) in [6, 6.07) is 8.08. The Morgan fingerprint density at radius 1 is 0.618 bits per heavy atom. The molecule has 0 fully saturated rings. The highest BCUT2D eigenvalue weighted by Crippen LogP contribution is 2.48. The molecule has 2 amide bonds. The molecule has 0 radical (unpaired) electrons. The molecule has 0 saturated carbocycles. The van der Waals surface area contributed by atoms with Crippen LogP contribution in [0.1, 0.15) is 61.1 Å². The normalized spacial score (nSPS) is 15.9. The first-order chi connectivity index (χ1) is 16.7. The maximum Gasteiger partial charge on any atom is 0.261 e. The van der Waals surface area contributed by atoms with Crippen molar-refractivity contribution in [3.05, 3.63) is 55.9 Å².